The first-order valence-corrected chi connectivity index (χ1v) is 5.32. The van der Waals surface area contributed by atoms with E-state index in [1.54, 1.807) is 6.20 Å². The summed E-state index contributed by atoms with van der Waals surface area (Å²) < 4.78 is 0. The zero-order chi connectivity index (χ0) is 10.7. The molecule has 0 radical (unpaired) electrons. The average Bonchev–Trinajstić information content (AvgIpc) is 2.28. The highest BCUT2D eigenvalue weighted by atomic mass is 16.3. The van der Waals surface area contributed by atoms with E-state index in [2.05, 4.69) is 24.0 Å². The van der Waals surface area contributed by atoms with E-state index >= 15 is 0 Å². The van der Waals surface area contributed by atoms with Gasteiger partial charge in [0.05, 0.1) is 12.1 Å². The van der Waals surface area contributed by atoms with Gasteiger partial charge in [-0.25, -0.2) is 0 Å². The summed E-state index contributed by atoms with van der Waals surface area (Å²) in [6.45, 7) is 2.25. The molecule has 0 fully saturated rings. The van der Waals surface area contributed by atoms with Crippen molar-refractivity contribution in [3.8, 4) is 0 Å². The van der Waals surface area contributed by atoms with Crippen LogP contribution in [0.3, 0.4) is 0 Å². The van der Waals surface area contributed by atoms with Crippen LogP contribution < -0.4 is 0 Å². The van der Waals surface area contributed by atoms with Gasteiger partial charge in [0, 0.05) is 11.6 Å². The van der Waals surface area contributed by atoms with E-state index in [9.17, 15) is 5.11 Å². The Morgan fingerprint density at radius 2 is 2.13 bits per heavy atom. The zero-order valence-corrected chi connectivity index (χ0v) is 8.90. The lowest BCUT2D eigenvalue weighted by Gasteiger charge is -2.05. The van der Waals surface area contributed by atoms with E-state index < -0.39 is 0 Å². The molecule has 0 aliphatic rings. The molecule has 2 heteroatoms. The number of rotatable bonds is 3. The van der Waals surface area contributed by atoms with Crippen LogP contribution in [-0.4, -0.2) is 10.1 Å². The van der Waals surface area contributed by atoms with Crippen molar-refractivity contribution in [3.05, 3.63) is 41.6 Å². The quantitative estimate of drug-likeness (QED) is 0.828. The number of pyridine rings is 1. The zero-order valence-electron chi connectivity index (χ0n) is 8.90. The molecule has 0 spiro atoms. The van der Waals surface area contributed by atoms with E-state index in [0.717, 1.165) is 29.3 Å². The molecular weight excluding hydrogens is 186 g/mol. The fraction of sp³-hybridized carbons (Fsp3) is 0.308. The number of hydrogen-bond acceptors (Lipinski definition) is 2. The predicted octanol–water partition coefficient (Wildman–Crippen LogP) is 2.68. The van der Waals surface area contributed by atoms with E-state index in [1.165, 1.54) is 5.56 Å². The smallest absolute Gasteiger partial charge is 0.0705 e. The Labute approximate surface area is 89.6 Å². The van der Waals surface area contributed by atoms with E-state index in [1.807, 2.05) is 12.1 Å². The Balaban J connectivity index is 2.57. The molecule has 1 N–H and O–H groups in total. The van der Waals surface area contributed by atoms with Crippen molar-refractivity contribution in [1.82, 2.24) is 4.98 Å². The fourth-order valence-electron chi connectivity index (χ4n) is 1.83. The second-order valence-corrected chi connectivity index (χ2v) is 3.73. The van der Waals surface area contributed by atoms with E-state index in [0.29, 0.717) is 0 Å². The molecule has 0 unspecified atom stereocenters. The maximum absolute atomic E-state index is 9.23. The highest BCUT2D eigenvalue weighted by molar-refractivity contribution is 5.82. The molecular formula is C13H15NO. The summed E-state index contributed by atoms with van der Waals surface area (Å²) >= 11 is 0. The van der Waals surface area contributed by atoms with Crippen molar-refractivity contribution in [2.45, 2.75) is 26.4 Å². The molecule has 0 bridgehead atoms. The molecule has 2 nitrogen and oxygen atoms in total. The molecule has 0 saturated carbocycles. The minimum absolute atomic E-state index is 0.0780. The number of aliphatic hydroxyl groups is 1. The van der Waals surface area contributed by atoms with Gasteiger partial charge in [0.2, 0.25) is 0 Å². The summed E-state index contributed by atoms with van der Waals surface area (Å²) in [6, 6.07) is 8.15. The van der Waals surface area contributed by atoms with Crippen molar-refractivity contribution in [1.29, 1.82) is 0 Å². The number of fused-ring (bicyclic) bond motifs is 1. The van der Waals surface area contributed by atoms with Gasteiger partial charge in [-0.15, -0.1) is 0 Å². The molecule has 0 atom stereocenters. The first-order valence-electron chi connectivity index (χ1n) is 5.32. The summed E-state index contributed by atoms with van der Waals surface area (Å²) in [5.41, 5.74) is 3.23. The van der Waals surface area contributed by atoms with Gasteiger partial charge in [-0.2, -0.15) is 0 Å². The highest BCUT2D eigenvalue weighted by Crippen LogP contribution is 2.19. The van der Waals surface area contributed by atoms with Crippen LogP contribution in [0.5, 0.6) is 0 Å². The summed E-state index contributed by atoms with van der Waals surface area (Å²) in [6.07, 6.45) is 3.96. The summed E-state index contributed by atoms with van der Waals surface area (Å²) in [5, 5.41) is 10.3. The van der Waals surface area contributed by atoms with Crippen LogP contribution in [0.4, 0.5) is 0 Å². The van der Waals surface area contributed by atoms with Crippen molar-refractivity contribution in [2.24, 2.45) is 0 Å². The second-order valence-electron chi connectivity index (χ2n) is 3.73. The maximum Gasteiger partial charge on any atom is 0.0705 e. The first kappa shape index (κ1) is 10.1. The summed E-state index contributed by atoms with van der Waals surface area (Å²) in [4.78, 5) is 4.28. The topological polar surface area (TPSA) is 33.1 Å². The van der Waals surface area contributed by atoms with Crippen LogP contribution in [0.15, 0.2) is 30.5 Å². The van der Waals surface area contributed by atoms with E-state index in [4.69, 9.17) is 0 Å². The Hall–Kier alpha value is -1.41. The number of benzene rings is 1. The minimum Gasteiger partial charge on any atom is -0.392 e. The van der Waals surface area contributed by atoms with Crippen LogP contribution in [0.25, 0.3) is 10.9 Å². The third-order valence-electron chi connectivity index (χ3n) is 2.61. The largest absolute Gasteiger partial charge is 0.392 e. The SMILES string of the molecule is CCCc1ccc2nccc(CO)c2c1. The average molecular weight is 201 g/mol. The lowest BCUT2D eigenvalue weighted by molar-refractivity contribution is 0.283. The number of nitrogens with zero attached hydrogens (tertiary/aromatic N) is 1. The Bertz CT molecular complexity index is 465. The molecule has 0 saturated heterocycles. The number of aromatic nitrogens is 1. The molecule has 1 aromatic heterocycles. The third-order valence-corrected chi connectivity index (χ3v) is 2.61. The van der Waals surface area contributed by atoms with Gasteiger partial charge >= 0.3 is 0 Å². The lowest BCUT2D eigenvalue weighted by atomic mass is 10.0. The van der Waals surface area contributed by atoms with Crippen molar-refractivity contribution in [2.75, 3.05) is 0 Å². The van der Waals surface area contributed by atoms with Crippen molar-refractivity contribution >= 4 is 10.9 Å². The fourth-order valence-corrected chi connectivity index (χ4v) is 1.83. The highest BCUT2D eigenvalue weighted by Gasteiger charge is 2.01. The summed E-state index contributed by atoms with van der Waals surface area (Å²) in [7, 11) is 0. The van der Waals surface area contributed by atoms with Gasteiger partial charge in [-0.05, 0) is 35.7 Å². The molecule has 15 heavy (non-hydrogen) atoms. The third kappa shape index (κ3) is 2.00. The molecule has 78 valence electrons. The van der Waals surface area contributed by atoms with Gasteiger partial charge in [0.1, 0.15) is 0 Å². The van der Waals surface area contributed by atoms with Gasteiger partial charge < -0.3 is 5.11 Å². The number of hydrogen-bond donors (Lipinski definition) is 1. The van der Waals surface area contributed by atoms with Crippen molar-refractivity contribution in [3.63, 3.8) is 0 Å². The predicted molar refractivity (Wildman–Crippen MR) is 61.7 cm³/mol. The van der Waals surface area contributed by atoms with Gasteiger partial charge in [0.15, 0.2) is 0 Å². The maximum atomic E-state index is 9.23. The Morgan fingerprint density at radius 3 is 2.87 bits per heavy atom. The minimum atomic E-state index is 0.0780. The van der Waals surface area contributed by atoms with Crippen LogP contribution >= 0.6 is 0 Å². The Kier molecular flexibility index (Phi) is 2.97. The molecule has 2 rings (SSSR count). The van der Waals surface area contributed by atoms with Crippen molar-refractivity contribution < 1.29 is 5.11 Å². The van der Waals surface area contributed by atoms with Crippen LogP contribution in [0.2, 0.25) is 0 Å². The molecule has 0 aliphatic heterocycles. The van der Waals surface area contributed by atoms with Crippen LogP contribution in [0, 0.1) is 0 Å². The summed E-state index contributed by atoms with van der Waals surface area (Å²) in [5.74, 6) is 0. The molecule has 0 aliphatic carbocycles. The van der Waals surface area contributed by atoms with Crippen LogP contribution in [-0.2, 0) is 13.0 Å². The number of aliphatic hydroxyl groups excluding tert-OH is 1. The van der Waals surface area contributed by atoms with Crippen LogP contribution in [0.1, 0.15) is 24.5 Å². The Morgan fingerprint density at radius 1 is 1.27 bits per heavy atom. The molecule has 1 aromatic carbocycles. The van der Waals surface area contributed by atoms with E-state index in [-0.39, 0.29) is 6.61 Å². The molecule has 1 heterocycles. The monoisotopic (exact) mass is 201 g/mol. The standard InChI is InChI=1S/C13H15NO/c1-2-3-10-4-5-13-12(8-10)11(9-15)6-7-14-13/h4-8,15H,2-3,9H2,1H3. The second kappa shape index (κ2) is 4.41. The normalized spacial score (nSPS) is 10.8. The number of aryl methyl sites for hydroxylation is 1. The first-order chi connectivity index (χ1) is 7.35. The lowest BCUT2D eigenvalue weighted by Crippen LogP contribution is -1.90. The van der Waals surface area contributed by atoms with Gasteiger partial charge in [-0.1, -0.05) is 19.4 Å². The molecule has 0 amide bonds. The van der Waals surface area contributed by atoms with Gasteiger partial charge in [0.25, 0.3) is 0 Å². The molecule has 2 aromatic rings. The van der Waals surface area contributed by atoms with Gasteiger partial charge in [-0.3, -0.25) is 4.98 Å².